The predicted octanol–water partition coefficient (Wildman–Crippen LogP) is 2.26. The van der Waals surface area contributed by atoms with Gasteiger partial charge in [0, 0.05) is 18.3 Å². The topological polar surface area (TPSA) is 80.8 Å². The van der Waals surface area contributed by atoms with Crippen molar-refractivity contribution >= 4 is 17.8 Å². The maximum Gasteiger partial charge on any atom is 0.407 e. The lowest BCUT2D eigenvalue weighted by Gasteiger charge is -2.43. The molecule has 0 saturated heterocycles. The van der Waals surface area contributed by atoms with Gasteiger partial charge in [-0.25, -0.2) is 9.78 Å². The van der Waals surface area contributed by atoms with E-state index in [0.29, 0.717) is 24.4 Å². The van der Waals surface area contributed by atoms with Crippen molar-refractivity contribution in [3.8, 4) is 5.75 Å². The summed E-state index contributed by atoms with van der Waals surface area (Å²) >= 11 is 0. The van der Waals surface area contributed by atoms with Gasteiger partial charge in [-0.3, -0.25) is 9.69 Å². The molecule has 0 spiro atoms. The van der Waals surface area contributed by atoms with Crippen LogP contribution in [0.25, 0.3) is 0 Å². The van der Waals surface area contributed by atoms with Crippen molar-refractivity contribution in [3.63, 3.8) is 0 Å². The van der Waals surface area contributed by atoms with Crippen LogP contribution in [-0.2, 0) is 16.1 Å². The van der Waals surface area contributed by atoms with Crippen molar-refractivity contribution in [2.75, 3.05) is 11.5 Å². The molecule has 0 bridgehead atoms. The van der Waals surface area contributed by atoms with Gasteiger partial charge in [0.15, 0.2) is 18.2 Å². The predicted molar refractivity (Wildman–Crippen MR) is 93.8 cm³/mol. The Balaban J connectivity index is 1.29. The zero-order valence-corrected chi connectivity index (χ0v) is 14.1. The maximum absolute atomic E-state index is 12.2. The normalized spacial score (nSPS) is 21.2. The lowest BCUT2D eigenvalue weighted by molar-refractivity contribution is -0.122. The molecule has 4 rings (SSSR count). The summed E-state index contributed by atoms with van der Waals surface area (Å²) in [5, 5.41) is 2.84. The minimum absolute atomic E-state index is 0.00826. The lowest BCUT2D eigenvalue weighted by atomic mass is 9.85. The molecule has 1 aliphatic carbocycles. The number of hydrogen-bond acceptors (Lipinski definition) is 5. The van der Waals surface area contributed by atoms with E-state index in [1.807, 2.05) is 30.3 Å². The number of carbonyl (C=O) groups is 2. The number of ether oxygens (including phenoxy) is 2. The van der Waals surface area contributed by atoms with Crippen molar-refractivity contribution in [1.82, 2.24) is 10.3 Å². The van der Waals surface area contributed by atoms with Gasteiger partial charge in [-0.05, 0) is 30.5 Å². The molecule has 1 saturated carbocycles. The molecular weight excluding hydrogens is 334 g/mol. The molecule has 134 valence electrons. The van der Waals surface area contributed by atoms with E-state index in [1.165, 1.54) is 0 Å². The second-order valence-electron chi connectivity index (χ2n) is 6.41. The highest BCUT2D eigenvalue weighted by atomic mass is 16.5. The van der Waals surface area contributed by atoms with E-state index >= 15 is 0 Å². The number of pyridine rings is 1. The Bertz CT molecular complexity index is 805. The molecule has 26 heavy (non-hydrogen) atoms. The third-order valence-electron chi connectivity index (χ3n) is 4.61. The van der Waals surface area contributed by atoms with E-state index in [9.17, 15) is 9.59 Å². The average molecular weight is 353 g/mol. The molecule has 0 unspecified atom stereocenters. The van der Waals surface area contributed by atoms with Gasteiger partial charge >= 0.3 is 6.09 Å². The molecule has 1 aliphatic heterocycles. The number of nitrogens with one attached hydrogen (secondary N) is 1. The molecule has 2 heterocycles. The number of amides is 2. The molecule has 7 heteroatoms. The summed E-state index contributed by atoms with van der Waals surface area (Å²) in [4.78, 5) is 30.1. The fourth-order valence-electron chi connectivity index (χ4n) is 3.23. The van der Waals surface area contributed by atoms with Crippen molar-refractivity contribution in [3.05, 3.63) is 54.2 Å². The van der Waals surface area contributed by atoms with Gasteiger partial charge in [0.05, 0.1) is 0 Å². The van der Waals surface area contributed by atoms with Crippen LogP contribution < -0.4 is 15.0 Å². The van der Waals surface area contributed by atoms with Crippen LogP contribution in [0, 0.1) is 0 Å². The lowest BCUT2D eigenvalue weighted by Crippen LogP contribution is -2.57. The zero-order valence-electron chi connectivity index (χ0n) is 14.1. The highest BCUT2D eigenvalue weighted by molar-refractivity contribution is 5.97. The summed E-state index contributed by atoms with van der Waals surface area (Å²) < 4.78 is 10.6. The fraction of sp³-hybridized carbons (Fsp3) is 0.316. The summed E-state index contributed by atoms with van der Waals surface area (Å²) in [6.07, 6.45) is 2.54. The van der Waals surface area contributed by atoms with Gasteiger partial charge in [0.25, 0.3) is 5.91 Å². The average Bonchev–Trinajstić information content (AvgIpc) is 2.64. The first-order valence-electron chi connectivity index (χ1n) is 8.58. The highest BCUT2D eigenvalue weighted by Crippen LogP contribution is 2.36. The van der Waals surface area contributed by atoms with Gasteiger partial charge < -0.3 is 14.8 Å². The second kappa shape index (κ2) is 7.03. The quantitative estimate of drug-likeness (QED) is 0.912. The molecule has 0 atom stereocenters. The molecule has 1 aromatic heterocycles. The molecule has 1 fully saturated rings. The Kier molecular flexibility index (Phi) is 4.43. The first-order valence-corrected chi connectivity index (χ1v) is 8.58. The van der Waals surface area contributed by atoms with Gasteiger partial charge in [-0.1, -0.05) is 30.3 Å². The number of rotatable bonds is 4. The minimum Gasteiger partial charge on any atom is -0.480 e. The van der Waals surface area contributed by atoms with E-state index in [-0.39, 0.29) is 31.2 Å². The van der Waals surface area contributed by atoms with E-state index < -0.39 is 6.09 Å². The molecule has 0 radical (unpaired) electrons. The Morgan fingerprint density at radius 2 is 2.04 bits per heavy atom. The summed E-state index contributed by atoms with van der Waals surface area (Å²) in [6, 6.07) is 13.1. The Morgan fingerprint density at radius 1 is 1.23 bits per heavy atom. The standard InChI is InChI=1S/C19H19N3O4/c23-17-12-25-16-7-4-8-20-18(16)22(17)15-9-14(10-15)21-19(24)26-11-13-5-2-1-3-6-13/h1-8,14-15H,9-12H2,(H,21,24)/t14-,15-. The van der Waals surface area contributed by atoms with Gasteiger partial charge in [-0.15, -0.1) is 0 Å². The van der Waals surface area contributed by atoms with E-state index in [0.717, 1.165) is 5.56 Å². The number of carbonyl (C=O) groups excluding carboxylic acids is 2. The smallest absolute Gasteiger partial charge is 0.407 e. The van der Waals surface area contributed by atoms with Crippen LogP contribution in [-0.4, -0.2) is 35.7 Å². The van der Waals surface area contributed by atoms with E-state index in [2.05, 4.69) is 10.3 Å². The largest absolute Gasteiger partial charge is 0.480 e. The van der Waals surface area contributed by atoms with Crippen molar-refractivity contribution in [1.29, 1.82) is 0 Å². The zero-order chi connectivity index (χ0) is 17.9. The molecular formula is C19H19N3O4. The monoisotopic (exact) mass is 353 g/mol. The summed E-state index contributed by atoms with van der Waals surface area (Å²) in [6.45, 7) is 0.258. The van der Waals surface area contributed by atoms with Crippen molar-refractivity contribution in [2.24, 2.45) is 0 Å². The minimum atomic E-state index is -0.441. The van der Waals surface area contributed by atoms with Gasteiger partial charge in [0.1, 0.15) is 6.61 Å². The van der Waals surface area contributed by atoms with Crippen LogP contribution in [0.4, 0.5) is 10.6 Å². The molecule has 2 aromatic rings. The number of fused-ring (bicyclic) bond motifs is 1. The van der Waals surface area contributed by atoms with Crippen LogP contribution in [0.3, 0.4) is 0 Å². The van der Waals surface area contributed by atoms with Crippen LogP contribution in [0.2, 0.25) is 0 Å². The Morgan fingerprint density at radius 3 is 2.85 bits per heavy atom. The number of aromatic nitrogens is 1. The summed E-state index contributed by atoms with van der Waals surface area (Å²) in [7, 11) is 0. The summed E-state index contributed by atoms with van der Waals surface area (Å²) in [5.41, 5.74) is 0.940. The first kappa shape index (κ1) is 16.4. The van der Waals surface area contributed by atoms with Crippen LogP contribution in [0.1, 0.15) is 18.4 Å². The highest BCUT2D eigenvalue weighted by Gasteiger charge is 2.41. The van der Waals surface area contributed by atoms with Crippen molar-refractivity contribution < 1.29 is 19.1 Å². The van der Waals surface area contributed by atoms with Gasteiger partial charge in [-0.2, -0.15) is 0 Å². The molecule has 2 amide bonds. The number of alkyl carbamates (subject to hydrolysis) is 1. The molecule has 7 nitrogen and oxygen atoms in total. The molecule has 2 aliphatic rings. The van der Waals surface area contributed by atoms with E-state index in [1.54, 1.807) is 23.2 Å². The second-order valence-corrected chi connectivity index (χ2v) is 6.41. The van der Waals surface area contributed by atoms with Crippen LogP contribution in [0.5, 0.6) is 5.75 Å². The molecule has 1 N–H and O–H groups in total. The third-order valence-corrected chi connectivity index (χ3v) is 4.61. The molecule has 1 aromatic carbocycles. The van der Waals surface area contributed by atoms with Crippen LogP contribution in [0.15, 0.2) is 48.7 Å². The van der Waals surface area contributed by atoms with Crippen molar-refractivity contribution in [2.45, 2.75) is 31.5 Å². The number of anilines is 1. The van der Waals surface area contributed by atoms with E-state index in [4.69, 9.17) is 9.47 Å². The number of hydrogen-bond donors (Lipinski definition) is 1. The van der Waals surface area contributed by atoms with Gasteiger partial charge in [0.2, 0.25) is 0 Å². The number of benzene rings is 1. The Labute approximate surface area is 150 Å². The SMILES string of the molecule is O=C(N[C@H]1C[C@H](N2C(=O)COc3cccnc32)C1)OCc1ccccc1. The first-order chi connectivity index (χ1) is 12.7. The summed E-state index contributed by atoms with van der Waals surface area (Å²) in [5.74, 6) is 1.07. The van der Waals surface area contributed by atoms with Crippen LogP contribution >= 0.6 is 0 Å². The third kappa shape index (κ3) is 3.33. The fourth-order valence-corrected chi connectivity index (χ4v) is 3.23. The maximum atomic E-state index is 12.2. The Hall–Kier alpha value is -3.09. The number of nitrogens with zero attached hydrogens (tertiary/aromatic N) is 2.